The van der Waals surface area contributed by atoms with Gasteiger partial charge in [-0.3, -0.25) is 4.79 Å². The third kappa shape index (κ3) is 3.58. The number of carbonyl (C=O) groups excluding carboxylic acids is 1. The van der Waals surface area contributed by atoms with Crippen LogP contribution < -0.4 is 0 Å². The Labute approximate surface area is 91.2 Å². The smallest absolute Gasteiger partial charge is 0.246 e. The number of benzene rings is 1. The minimum Gasteiger partial charge on any atom is -0.338 e. The van der Waals surface area contributed by atoms with Crippen molar-refractivity contribution in [2.45, 2.75) is 20.4 Å². The van der Waals surface area contributed by atoms with Crippen LogP contribution in [0, 0.1) is 6.92 Å². The average molecular weight is 203 g/mol. The number of amides is 1. The first kappa shape index (κ1) is 11.5. The van der Waals surface area contributed by atoms with Crippen molar-refractivity contribution in [2.24, 2.45) is 0 Å². The molecule has 0 saturated heterocycles. The first-order chi connectivity index (χ1) is 7.13. The Balaban J connectivity index is 2.66. The van der Waals surface area contributed by atoms with E-state index in [1.165, 1.54) is 5.56 Å². The van der Waals surface area contributed by atoms with Gasteiger partial charge in [0, 0.05) is 13.6 Å². The lowest BCUT2D eigenvalue weighted by Gasteiger charge is -2.15. The number of likely N-dealkylation sites (N-methyl/N-ethyl adjacent to an activating group) is 1. The predicted molar refractivity (Wildman–Crippen MR) is 62.5 cm³/mol. The van der Waals surface area contributed by atoms with Crippen LogP contribution in [-0.2, 0) is 11.3 Å². The maximum atomic E-state index is 11.5. The van der Waals surface area contributed by atoms with Crippen molar-refractivity contribution in [3.05, 3.63) is 47.5 Å². The summed E-state index contributed by atoms with van der Waals surface area (Å²) < 4.78 is 0. The van der Waals surface area contributed by atoms with Crippen LogP contribution in [-0.4, -0.2) is 17.9 Å². The molecule has 1 amide bonds. The second kappa shape index (κ2) is 5.35. The molecule has 2 nitrogen and oxygen atoms in total. The van der Waals surface area contributed by atoms with E-state index < -0.39 is 0 Å². The first-order valence-corrected chi connectivity index (χ1v) is 5.07. The fourth-order valence-corrected chi connectivity index (χ4v) is 1.43. The van der Waals surface area contributed by atoms with Crippen molar-refractivity contribution in [1.29, 1.82) is 0 Å². The fourth-order valence-electron chi connectivity index (χ4n) is 1.43. The molecule has 0 bridgehead atoms. The number of nitrogens with zero attached hydrogens (tertiary/aromatic N) is 1. The molecular formula is C13H17NO. The summed E-state index contributed by atoms with van der Waals surface area (Å²) in [5.41, 5.74) is 2.38. The van der Waals surface area contributed by atoms with E-state index in [2.05, 4.69) is 19.1 Å². The topological polar surface area (TPSA) is 20.3 Å². The third-order valence-corrected chi connectivity index (χ3v) is 2.19. The van der Waals surface area contributed by atoms with Crippen molar-refractivity contribution < 1.29 is 4.79 Å². The molecule has 1 aromatic rings. The Morgan fingerprint density at radius 1 is 1.47 bits per heavy atom. The molecule has 0 aliphatic heterocycles. The number of allylic oxidation sites excluding steroid dienone is 1. The molecule has 0 N–H and O–H groups in total. The van der Waals surface area contributed by atoms with Crippen molar-refractivity contribution in [3.8, 4) is 0 Å². The van der Waals surface area contributed by atoms with E-state index >= 15 is 0 Å². The molecule has 0 aliphatic rings. The quantitative estimate of drug-likeness (QED) is 0.691. The summed E-state index contributed by atoms with van der Waals surface area (Å²) in [6, 6.07) is 8.20. The van der Waals surface area contributed by atoms with Gasteiger partial charge in [0.05, 0.1) is 0 Å². The van der Waals surface area contributed by atoms with Crippen LogP contribution in [0.1, 0.15) is 18.1 Å². The van der Waals surface area contributed by atoms with Gasteiger partial charge in [-0.15, -0.1) is 0 Å². The first-order valence-electron chi connectivity index (χ1n) is 5.07. The van der Waals surface area contributed by atoms with Crippen LogP contribution >= 0.6 is 0 Å². The number of carbonyl (C=O) groups is 1. The Hall–Kier alpha value is -1.57. The highest BCUT2D eigenvalue weighted by molar-refractivity contribution is 5.87. The number of hydrogen-bond donors (Lipinski definition) is 0. The molecule has 15 heavy (non-hydrogen) atoms. The van der Waals surface area contributed by atoms with Crippen molar-refractivity contribution in [3.63, 3.8) is 0 Å². The maximum Gasteiger partial charge on any atom is 0.246 e. The molecule has 1 rings (SSSR count). The van der Waals surface area contributed by atoms with Crippen LogP contribution in [0.15, 0.2) is 36.4 Å². The molecule has 0 fully saturated rings. The lowest BCUT2D eigenvalue weighted by molar-refractivity contribution is -0.125. The van der Waals surface area contributed by atoms with Gasteiger partial charge in [0.1, 0.15) is 0 Å². The average Bonchev–Trinajstić information content (AvgIpc) is 2.18. The molecule has 0 unspecified atom stereocenters. The highest BCUT2D eigenvalue weighted by Gasteiger charge is 2.04. The van der Waals surface area contributed by atoms with Gasteiger partial charge >= 0.3 is 0 Å². The molecule has 80 valence electrons. The standard InChI is InChI=1S/C13H17NO/c1-4-6-13(15)14(3)10-12-8-5-7-11(2)9-12/h4-9H,10H2,1-3H3. The van der Waals surface area contributed by atoms with Crippen molar-refractivity contribution in [2.75, 3.05) is 7.05 Å². The summed E-state index contributed by atoms with van der Waals surface area (Å²) in [4.78, 5) is 13.2. The second-order valence-electron chi connectivity index (χ2n) is 3.68. The van der Waals surface area contributed by atoms with Crippen LogP contribution in [0.3, 0.4) is 0 Å². The summed E-state index contributed by atoms with van der Waals surface area (Å²) in [6.07, 6.45) is 3.34. The summed E-state index contributed by atoms with van der Waals surface area (Å²) in [6.45, 7) is 4.56. The predicted octanol–water partition coefficient (Wildman–Crippen LogP) is 2.53. The largest absolute Gasteiger partial charge is 0.338 e. The van der Waals surface area contributed by atoms with Crippen LogP contribution in [0.25, 0.3) is 0 Å². The molecule has 0 aliphatic carbocycles. The summed E-state index contributed by atoms with van der Waals surface area (Å²) >= 11 is 0. The number of aryl methyl sites for hydroxylation is 1. The van der Waals surface area contributed by atoms with E-state index in [9.17, 15) is 4.79 Å². The van der Waals surface area contributed by atoms with E-state index in [0.29, 0.717) is 6.54 Å². The maximum absolute atomic E-state index is 11.5. The highest BCUT2D eigenvalue weighted by Crippen LogP contribution is 2.06. The SMILES string of the molecule is CC=CC(=O)N(C)Cc1cccc(C)c1. The summed E-state index contributed by atoms with van der Waals surface area (Å²) in [5, 5.41) is 0. The van der Waals surface area contributed by atoms with E-state index in [1.807, 2.05) is 26.1 Å². The zero-order chi connectivity index (χ0) is 11.3. The summed E-state index contributed by atoms with van der Waals surface area (Å²) in [7, 11) is 1.81. The zero-order valence-electron chi connectivity index (χ0n) is 9.53. The van der Waals surface area contributed by atoms with E-state index in [4.69, 9.17) is 0 Å². The molecule has 0 radical (unpaired) electrons. The number of rotatable bonds is 3. The van der Waals surface area contributed by atoms with Gasteiger partial charge in [0.2, 0.25) is 5.91 Å². The van der Waals surface area contributed by atoms with Gasteiger partial charge in [-0.25, -0.2) is 0 Å². The Kier molecular flexibility index (Phi) is 4.10. The van der Waals surface area contributed by atoms with Gasteiger partial charge in [-0.2, -0.15) is 0 Å². The van der Waals surface area contributed by atoms with Gasteiger partial charge in [-0.05, 0) is 25.5 Å². The second-order valence-corrected chi connectivity index (χ2v) is 3.68. The molecule has 2 heteroatoms. The van der Waals surface area contributed by atoms with Crippen LogP contribution in [0.2, 0.25) is 0 Å². The zero-order valence-corrected chi connectivity index (χ0v) is 9.53. The van der Waals surface area contributed by atoms with Crippen LogP contribution in [0.4, 0.5) is 0 Å². The molecule has 0 aromatic heterocycles. The van der Waals surface area contributed by atoms with Gasteiger partial charge in [0.15, 0.2) is 0 Å². The molecule has 0 saturated carbocycles. The minimum absolute atomic E-state index is 0.0407. The van der Waals surface area contributed by atoms with Gasteiger partial charge in [-0.1, -0.05) is 35.9 Å². The normalized spacial score (nSPS) is 10.6. The molecule has 0 spiro atoms. The summed E-state index contributed by atoms with van der Waals surface area (Å²) in [5.74, 6) is 0.0407. The van der Waals surface area contributed by atoms with Crippen molar-refractivity contribution in [1.82, 2.24) is 4.90 Å². The van der Waals surface area contributed by atoms with Crippen molar-refractivity contribution >= 4 is 5.91 Å². The highest BCUT2D eigenvalue weighted by atomic mass is 16.2. The lowest BCUT2D eigenvalue weighted by atomic mass is 10.1. The molecular weight excluding hydrogens is 186 g/mol. The Morgan fingerprint density at radius 2 is 2.20 bits per heavy atom. The lowest BCUT2D eigenvalue weighted by Crippen LogP contribution is -2.24. The Morgan fingerprint density at radius 3 is 2.80 bits per heavy atom. The van der Waals surface area contributed by atoms with Gasteiger partial charge < -0.3 is 4.90 Å². The van der Waals surface area contributed by atoms with E-state index in [1.54, 1.807) is 17.1 Å². The Bertz CT molecular complexity index is 369. The van der Waals surface area contributed by atoms with E-state index in [0.717, 1.165) is 5.56 Å². The van der Waals surface area contributed by atoms with Crippen LogP contribution in [0.5, 0.6) is 0 Å². The monoisotopic (exact) mass is 203 g/mol. The molecule has 0 heterocycles. The molecule has 1 aromatic carbocycles. The molecule has 0 atom stereocenters. The third-order valence-electron chi connectivity index (χ3n) is 2.19. The minimum atomic E-state index is 0.0407. The van der Waals surface area contributed by atoms with Gasteiger partial charge in [0.25, 0.3) is 0 Å². The van der Waals surface area contributed by atoms with E-state index in [-0.39, 0.29) is 5.91 Å². The fraction of sp³-hybridized carbons (Fsp3) is 0.308. The number of hydrogen-bond acceptors (Lipinski definition) is 1.